The van der Waals surface area contributed by atoms with Crippen LogP contribution in [-0.2, 0) is 19.1 Å². The number of carboxylic acids is 1. The highest BCUT2D eigenvalue weighted by Gasteiger charge is 2.30. The van der Waals surface area contributed by atoms with Gasteiger partial charge in [-0.15, -0.1) is 0 Å². The van der Waals surface area contributed by atoms with Gasteiger partial charge in [0.05, 0.1) is 13.0 Å². The van der Waals surface area contributed by atoms with Gasteiger partial charge in [-0.3, -0.25) is 9.59 Å². The molecule has 0 radical (unpaired) electrons. The Morgan fingerprint density at radius 1 is 1.00 bits per heavy atom. The molecule has 176 valence electrons. The first-order valence-corrected chi connectivity index (χ1v) is 11.1. The van der Waals surface area contributed by atoms with Crippen LogP contribution >= 0.6 is 0 Å². The molecule has 0 bridgehead atoms. The first-order valence-electron chi connectivity index (χ1n) is 11.1. The molecular weight excluding hydrogens is 424 g/mol. The number of fused-ring (bicyclic) bond motifs is 3. The van der Waals surface area contributed by atoms with Crippen molar-refractivity contribution in [2.75, 3.05) is 26.4 Å². The van der Waals surface area contributed by atoms with Crippen LogP contribution in [0.2, 0.25) is 0 Å². The Kier molecular flexibility index (Phi) is 8.43. The predicted molar refractivity (Wildman–Crippen MR) is 123 cm³/mol. The number of benzene rings is 2. The van der Waals surface area contributed by atoms with Crippen LogP contribution in [0.4, 0.5) is 4.79 Å². The van der Waals surface area contributed by atoms with E-state index in [-0.39, 0.29) is 19.1 Å². The van der Waals surface area contributed by atoms with Gasteiger partial charge in [0, 0.05) is 19.1 Å². The Morgan fingerprint density at radius 2 is 1.61 bits per heavy atom. The summed E-state index contributed by atoms with van der Waals surface area (Å²) in [6.45, 7) is 5.18. The highest BCUT2D eigenvalue weighted by atomic mass is 16.5. The third-order valence-electron chi connectivity index (χ3n) is 5.33. The van der Waals surface area contributed by atoms with E-state index in [4.69, 9.17) is 14.6 Å². The van der Waals surface area contributed by atoms with Crippen molar-refractivity contribution in [2.24, 2.45) is 5.92 Å². The molecule has 8 heteroatoms. The number of hydrogen-bond acceptors (Lipinski definition) is 5. The van der Waals surface area contributed by atoms with Crippen molar-refractivity contribution in [2.45, 2.75) is 32.2 Å². The molecule has 8 nitrogen and oxygen atoms in total. The molecule has 1 atom stereocenters. The van der Waals surface area contributed by atoms with Crippen LogP contribution in [-0.4, -0.2) is 55.5 Å². The molecule has 0 fully saturated rings. The number of carbonyl (C=O) groups is 3. The molecular formula is C25H30N2O6. The summed E-state index contributed by atoms with van der Waals surface area (Å²) in [6, 6.07) is 14.6. The van der Waals surface area contributed by atoms with Gasteiger partial charge < -0.3 is 25.2 Å². The molecule has 33 heavy (non-hydrogen) atoms. The first-order chi connectivity index (χ1) is 15.9. The standard InChI is InChI=1S/C25H30N2O6/c1-16(2)14-32-12-11-26-24(30)22(13-23(28)29)27-25(31)33-15-21-19-9-5-3-7-17(19)18-8-4-6-10-20(18)21/h3-10,16,21-22H,11-15H2,1-2H3,(H,26,30)(H,27,31)(H,28,29). The van der Waals surface area contributed by atoms with E-state index in [0.29, 0.717) is 19.1 Å². The zero-order valence-corrected chi connectivity index (χ0v) is 18.9. The van der Waals surface area contributed by atoms with Crippen molar-refractivity contribution in [3.8, 4) is 11.1 Å². The molecule has 0 saturated carbocycles. The minimum Gasteiger partial charge on any atom is -0.481 e. The Hall–Kier alpha value is -3.39. The summed E-state index contributed by atoms with van der Waals surface area (Å²) < 4.78 is 10.8. The fourth-order valence-electron chi connectivity index (χ4n) is 3.85. The monoisotopic (exact) mass is 454 g/mol. The van der Waals surface area contributed by atoms with E-state index in [1.54, 1.807) is 0 Å². The molecule has 2 amide bonds. The summed E-state index contributed by atoms with van der Waals surface area (Å²) in [5.41, 5.74) is 4.33. The SMILES string of the molecule is CC(C)COCCNC(=O)C(CC(=O)O)NC(=O)OCC1c2ccccc2-c2ccccc21. The largest absolute Gasteiger partial charge is 0.481 e. The molecule has 3 rings (SSSR count). The molecule has 0 heterocycles. The summed E-state index contributed by atoms with van der Waals surface area (Å²) >= 11 is 0. The predicted octanol–water partition coefficient (Wildman–Crippen LogP) is 3.16. The van der Waals surface area contributed by atoms with Crippen molar-refractivity contribution >= 4 is 18.0 Å². The van der Waals surface area contributed by atoms with Crippen LogP contribution in [0.1, 0.15) is 37.3 Å². The van der Waals surface area contributed by atoms with Gasteiger partial charge in [-0.1, -0.05) is 62.4 Å². The Balaban J connectivity index is 1.56. The number of rotatable bonds is 11. The lowest BCUT2D eigenvalue weighted by Gasteiger charge is -2.19. The minimum atomic E-state index is -1.25. The molecule has 2 aromatic rings. The average molecular weight is 455 g/mol. The highest BCUT2D eigenvalue weighted by molar-refractivity contribution is 5.89. The van der Waals surface area contributed by atoms with Gasteiger partial charge in [0.25, 0.3) is 0 Å². The van der Waals surface area contributed by atoms with Crippen LogP contribution in [0.3, 0.4) is 0 Å². The van der Waals surface area contributed by atoms with Crippen molar-refractivity contribution in [3.63, 3.8) is 0 Å². The second kappa shape index (κ2) is 11.5. The summed E-state index contributed by atoms with van der Waals surface area (Å²) in [7, 11) is 0. The summed E-state index contributed by atoms with van der Waals surface area (Å²) in [6.07, 6.45) is -1.39. The van der Waals surface area contributed by atoms with E-state index in [9.17, 15) is 14.4 Å². The van der Waals surface area contributed by atoms with E-state index >= 15 is 0 Å². The third-order valence-corrected chi connectivity index (χ3v) is 5.33. The summed E-state index contributed by atoms with van der Waals surface area (Å²) in [5.74, 6) is -1.56. The normalized spacial score (nSPS) is 13.2. The van der Waals surface area contributed by atoms with Crippen LogP contribution in [0.15, 0.2) is 48.5 Å². The van der Waals surface area contributed by atoms with Crippen LogP contribution in [0.25, 0.3) is 11.1 Å². The number of ether oxygens (including phenoxy) is 2. The van der Waals surface area contributed by atoms with E-state index in [1.165, 1.54) is 0 Å². The Labute approximate surface area is 193 Å². The van der Waals surface area contributed by atoms with Crippen molar-refractivity contribution in [1.82, 2.24) is 10.6 Å². The lowest BCUT2D eigenvalue weighted by Crippen LogP contribution is -2.48. The maximum atomic E-state index is 12.4. The minimum absolute atomic E-state index is 0.0737. The van der Waals surface area contributed by atoms with Gasteiger partial charge >= 0.3 is 12.1 Å². The van der Waals surface area contributed by atoms with Crippen molar-refractivity contribution in [3.05, 3.63) is 59.7 Å². The van der Waals surface area contributed by atoms with Crippen molar-refractivity contribution < 1.29 is 29.0 Å². The van der Waals surface area contributed by atoms with Crippen LogP contribution in [0.5, 0.6) is 0 Å². The average Bonchev–Trinajstić information content (AvgIpc) is 3.10. The second-order valence-electron chi connectivity index (χ2n) is 8.38. The van der Waals surface area contributed by atoms with E-state index in [2.05, 4.69) is 10.6 Å². The second-order valence-corrected chi connectivity index (χ2v) is 8.38. The summed E-state index contributed by atoms with van der Waals surface area (Å²) in [4.78, 5) is 36.0. The smallest absolute Gasteiger partial charge is 0.407 e. The Morgan fingerprint density at radius 3 is 2.18 bits per heavy atom. The van der Waals surface area contributed by atoms with Crippen LogP contribution < -0.4 is 10.6 Å². The third kappa shape index (κ3) is 6.55. The number of amides is 2. The van der Waals surface area contributed by atoms with Gasteiger partial charge in [0.15, 0.2) is 0 Å². The molecule has 2 aromatic carbocycles. The van der Waals surface area contributed by atoms with Gasteiger partial charge in [-0.25, -0.2) is 4.79 Å². The molecule has 0 aliphatic heterocycles. The number of alkyl carbamates (subject to hydrolysis) is 1. The van der Waals surface area contributed by atoms with Gasteiger partial charge in [0.1, 0.15) is 12.6 Å². The fraction of sp³-hybridized carbons (Fsp3) is 0.400. The first kappa shape index (κ1) is 24.3. The zero-order chi connectivity index (χ0) is 23.8. The van der Waals surface area contributed by atoms with E-state index in [1.807, 2.05) is 62.4 Å². The topological polar surface area (TPSA) is 114 Å². The Bertz CT molecular complexity index is 945. The van der Waals surface area contributed by atoms with Crippen LogP contribution in [0, 0.1) is 5.92 Å². The number of hydrogen-bond donors (Lipinski definition) is 3. The summed E-state index contributed by atoms with van der Waals surface area (Å²) in [5, 5.41) is 14.1. The number of carboxylic acid groups (broad SMARTS) is 1. The molecule has 0 saturated heterocycles. The van der Waals surface area contributed by atoms with Crippen molar-refractivity contribution in [1.29, 1.82) is 0 Å². The zero-order valence-electron chi connectivity index (χ0n) is 18.9. The molecule has 3 N–H and O–H groups in total. The van der Waals surface area contributed by atoms with Gasteiger partial charge in [0.2, 0.25) is 5.91 Å². The molecule has 0 aromatic heterocycles. The van der Waals surface area contributed by atoms with E-state index in [0.717, 1.165) is 22.3 Å². The molecule has 1 unspecified atom stereocenters. The highest BCUT2D eigenvalue weighted by Crippen LogP contribution is 2.44. The van der Waals surface area contributed by atoms with Gasteiger partial charge in [-0.2, -0.15) is 0 Å². The molecule has 1 aliphatic carbocycles. The quantitative estimate of drug-likeness (QED) is 0.450. The number of nitrogens with one attached hydrogen (secondary N) is 2. The van der Waals surface area contributed by atoms with Gasteiger partial charge in [-0.05, 0) is 28.2 Å². The number of aliphatic carboxylic acids is 1. The molecule has 1 aliphatic rings. The lowest BCUT2D eigenvalue weighted by molar-refractivity contribution is -0.139. The molecule has 0 spiro atoms. The maximum absolute atomic E-state index is 12.4. The number of carbonyl (C=O) groups excluding carboxylic acids is 2. The maximum Gasteiger partial charge on any atom is 0.407 e. The fourth-order valence-corrected chi connectivity index (χ4v) is 3.85. The van der Waals surface area contributed by atoms with E-state index < -0.39 is 30.4 Å². The lowest BCUT2D eigenvalue weighted by atomic mass is 9.98.